The van der Waals surface area contributed by atoms with Crippen LogP contribution >= 0.6 is 0 Å². The molecule has 7 nitrogen and oxygen atoms in total. The molecule has 39 heavy (non-hydrogen) atoms. The van der Waals surface area contributed by atoms with Crippen molar-refractivity contribution in [3.63, 3.8) is 0 Å². The van der Waals surface area contributed by atoms with E-state index in [2.05, 4.69) is 10.6 Å². The summed E-state index contributed by atoms with van der Waals surface area (Å²) >= 11 is 0. The second-order valence-corrected chi connectivity index (χ2v) is 8.81. The first-order valence-corrected chi connectivity index (χ1v) is 12.4. The Labute approximate surface area is 227 Å². The lowest BCUT2D eigenvalue weighted by Crippen LogP contribution is -2.39. The highest BCUT2D eigenvalue weighted by atomic mass is 16.5. The minimum atomic E-state index is -0.939. The van der Waals surface area contributed by atoms with E-state index in [1.54, 1.807) is 54.6 Å². The van der Waals surface area contributed by atoms with Gasteiger partial charge in [-0.3, -0.25) is 14.4 Å². The van der Waals surface area contributed by atoms with Crippen molar-refractivity contribution in [2.75, 3.05) is 0 Å². The number of nitrogens with one attached hydrogen (secondary N) is 2. The number of amides is 3. The number of nitrogens with two attached hydrogens (primary N) is 1. The highest BCUT2D eigenvalue weighted by Crippen LogP contribution is 2.20. The van der Waals surface area contributed by atoms with Crippen LogP contribution < -0.4 is 21.1 Å². The molecule has 0 unspecified atom stereocenters. The lowest BCUT2D eigenvalue weighted by atomic mass is 10.1. The van der Waals surface area contributed by atoms with Crippen LogP contribution in [0.15, 0.2) is 115 Å². The maximum absolute atomic E-state index is 13.2. The molecular formula is C32H29N3O4. The fraction of sp³-hybridized carbons (Fsp3) is 0.0938. The summed E-state index contributed by atoms with van der Waals surface area (Å²) in [5.41, 5.74) is 8.97. The molecule has 0 fully saturated rings. The van der Waals surface area contributed by atoms with Gasteiger partial charge in [-0.25, -0.2) is 0 Å². The Morgan fingerprint density at radius 2 is 1.41 bits per heavy atom. The highest BCUT2D eigenvalue weighted by Gasteiger charge is 2.22. The zero-order valence-corrected chi connectivity index (χ0v) is 21.2. The Hall–Kier alpha value is -5.17. The summed E-state index contributed by atoms with van der Waals surface area (Å²) < 4.78 is 5.86. The SMILES string of the molecule is NC(=O)c1ccc(CNC(=O)[C@@H](NC(=O)/C=C/c2ccccc2)c2ccc(OCc3ccccc3)cc2)cc1. The number of rotatable bonds is 11. The quantitative estimate of drug-likeness (QED) is 0.253. The van der Waals surface area contributed by atoms with Gasteiger partial charge in [0.15, 0.2) is 0 Å². The predicted molar refractivity (Wildman–Crippen MR) is 150 cm³/mol. The van der Waals surface area contributed by atoms with Gasteiger partial charge in [-0.05, 0) is 52.6 Å². The second-order valence-electron chi connectivity index (χ2n) is 8.81. The number of carbonyl (C=O) groups is 3. The Balaban J connectivity index is 1.46. The molecular weight excluding hydrogens is 490 g/mol. The Morgan fingerprint density at radius 3 is 2.05 bits per heavy atom. The van der Waals surface area contributed by atoms with Gasteiger partial charge in [0, 0.05) is 18.2 Å². The van der Waals surface area contributed by atoms with Gasteiger partial charge < -0.3 is 21.1 Å². The van der Waals surface area contributed by atoms with E-state index in [1.807, 2.05) is 60.7 Å². The fourth-order valence-electron chi connectivity index (χ4n) is 3.80. The zero-order valence-electron chi connectivity index (χ0n) is 21.2. The molecule has 196 valence electrons. The summed E-state index contributed by atoms with van der Waals surface area (Å²) in [4.78, 5) is 37.3. The third-order valence-electron chi connectivity index (χ3n) is 5.94. The molecule has 1 atom stereocenters. The van der Waals surface area contributed by atoms with Crippen molar-refractivity contribution < 1.29 is 19.1 Å². The van der Waals surface area contributed by atoms with E-state index in [0.717, 1.165) is 16.7 Å². The van der Waals surface area contributed by atoms with Crippen molar-refractivity contribution in [3.05, 3.63) is 143 Å². The molecule has 0 aliphatic carbocycles. The summed E-state index contributed by atoms with van der Waals surface area (Å²) in [6, 6.07) is 32.0. The molecule has 4 aromatic carbocycles. The lowest BCUT2D eigenvalue weighted by Gasteiger charge is -2.19. The molecule has 0 saturated carbocycles. The standard InChI is InChI=1S/C32H29N3O4/c33-31(37)27-14-11-24(12-15-27)21-34-32(38)30(35-29(36)20-13-23-7-3-1-4-8-23)26-16-18-28(19-17-26)39-22-25-9-5-2-6-10-25/h1-20,30H,21-22H2,(H2,33,37)(H,34,38)(H,35,36)/b20-13+/t30-/m0/s1. The number of carbonyl (C=O) groups excluding carboxylic acids is 3. The van der Waals surface area contributed by atoms with E-state index >= 15 is 0 Å². The monoisotopic (exact) mass is 519 g/mol. The molecule has 0 aliphatic heterocycles. The van der Waals surface area contributed by atoms with Crippen LogP contribution in [0.4, 0.5) is 0 Å². The lowest BCUT2D eigenvalue weighted by molar-refractivity contribution is -0.127. The summed E-state index contributed by atoms with van der Waals surface area (Å²) in [6.07, 6.45) is 3.08. The Morgan fingerprint density at radius 1 is 0.769 bits per heavy atom. The fourth-order valence-corrected chi connectivity index (χ4v) is 3.80. The Bertz CT molecular complexity index is 1420. The zero-order chi connectivity index (χ0) is 27.5. The van der Waals surface area contributed by atoms with E-state index in [4.69, 9.17) is 10.5 Å². The van der Waals surface area contributed by atoms with Crippen LogP contribution in [-0.4, -0.2) is 17.7 Å². The number of primary amides is 1. The second kappa shape index (κ2) is 13.4. The highest BCUT2D eigenvalue weighted by molar-refractivity contribution is 5.96. The van der Waals surface area contributed by atoms with Gasteiger partial charge >= 0.3 is 0 Å². The largest absolute Gasteiger partial charge is 0.489 e. The van der Waals surface area contributed by atoms with Crippen LogP contribution in [0, 0.1) is 0 Å². The first-order valence-electron chi connectivity index (χ1n) is 12.4. The normalized spacial score (nSPS) is 11.5. The van der Waals surface area contributed by atoms with Gasteiger partial charge in [-0.15, -0.1) is 0 Å². The molecule has 0 aromatic heterocycles. The van der Waals surface area contributed by atoms with E-state index in [9.17, 15) is 14.4 Å². The Kier molecular flexibility index (Phi) is 9.23. The summed E-state index contributed by atoms with van der Waals surface area (Å²) in [5.74, 6) is -0.665. The van der Waals surface area contributed by atoms with Crippen LogP contribution in [-0.2, 0) is 22.7 Å². The van der Waals surface area contributed by atoms with E-state index < -0.39 is 17.9 Å². The maximum Gasteiger partial charge on any atom is 0.248 e. The maximum atomic E-state index is 13.2. The van der Waals surface area contributed by atoms with Gasteiger partial charge in [0.05, 0.1) is 0 Å². The minimum Gasteiger partial charge on any atom is -0.489 e. The molecule has 7 heteroatoms. The van der Waals surface area contributed by atoms with Gasteiger partial charge in [-0.2, -0.15) is 0 Å². The first-order chi connectivity index (χ1) is 19.0. The van der Waals surface area contributed by atoms with Crippen LogP contribution in [0.25, 0.3) is 6.08 Å². The number of hydrogen-bond donors (Lipinski definition) is 3. The van der Waals surface area contributed by atoms with Crippen LogP contribution in [0.2, 0.25) is 0 Å². The van der Waals surface area contributed by atoms with Crippen molar-refractivity contribution in [3.8, 4) is 5.75 Å². The average molecular weight is 520 g/mol. The van der Waals surface area contributed by atoms with Crippen molar-refractivity contribution in [1.82, 2.24) is 10.6 Å². The van der Waals surface area contributed by atoms with Gasteiger partial charge in [0.25, 0.3) is 0 Å². The summed E-state index contributed by atoms with van der Waals surface area (Å²) in [7, 11) is 0. The summed E-state index contributed by atoms with van der Waals surface area (Å²) in [6.45, 7) is 0.627. The van der Waals surface area contributed by atoms with Gasteiger partial charge in [0.2, 0.25) is 17.7 Å². The molecule has 0 bridgehead atoms. The van der Waals surface area contributed by atoms with Gasteiger partial charge in [-0.1, -0.05) is 84.9 Å². The van der Waals surface area contributed by atoms with Crippen LogP contribution in [0.3, 0.4) is 0 Å². The molecule has 4 aromatic rings. The van der Waals surface area contributed by atoms with E-state index in [1.165, 1.54) is 6.08 Å². The molecule has 3 amide bonds. The van der Waals surface area contributed by atoms with Crippen molar-refractivity contribution in [2.24, 2.45) is 5.73 Å². The first kappa shape index (κ1) is 26.9. The van der Waals surface area contributed by atoms with Crippen LogP contribution in [0.1, 0.15) is 38.7 Å². The minimum absolute atomic E-state index is 0.211. The van der Waals surface area contributed by atoms with E-state index in [0.29, 0.717) is 23.5 Å². The van der Waals surface area contributed by atoms with Crippen molar-refractivity contribution in [1.29, 1.82) is 0 Å². The molecule has 4 rings (SSSR count). The van der Waals surface area contributed by atoms with Crippen LogP contribution in [0.5, 0.6) is 5.75 Å². The third kappa shape index (κ3) is 8.16. The van der Waals surface area contributed by atoms with Crippen molar-refractivity contribution in [2.45, 2.75) is 19.2 Å². The third-order valence-corrected chi connectivity index (χ3v) is 5.94. The molecule has 0 heterocycles. The number of ether oxygens (including phenoxy) is 1. The average Bonchev–Trinajstić information content (AvgIpc) is 2.98. The molecule has 0 spiro atoms. The molecule has 0 aliphatic rings. The summed E-state index contributed by atoms with van der Waals surface area (Å²) in [5, 5.41) is 5.66. The predicted octanol–water partition coefficient (Wildman–Crippen LogP) is 4.55. The topological polar surface area (TPSA) is 111 Å². The van der Waals surface area contributed by atoms with Gasteiger partial charge in [0.1, 0.15) is 18.4 Å². The molecule has 0 saturated heterocycles. The number of hydrogen-bond acceptors (Lipinski definition) is 4. The smallest absolute Gasteiger partial charge is 0.248 e. The van der Waals surface area contributed by atoms with E-state index in [-0.39, 0.29) is 12.5 Å². The number of benzene rings is 4. The molecule has 4 N–H and O–H groups in total. The molecule has 0 radical (unpaired) electrons. The van der Waals surface area contributed by atoms with Crippen molar-refractivity contribution >= 4 is 23.8 Å².